The van der Waals surface area contributed by atoms with Gasteiger partial charge in [-0.3, -0.25) is 9.48 Å². The molecule has 28 heavy (non-hydrogen) atoms. The minimum Gasteiger partial charge on any atom is -0.346 e. The molecule has 1 atom stereocenters. The van der Waals surface area contributed by atoms with Crippen LogP contribution in [0.25, 0.3) is 6.08 Å². The second kappa shape index (κ2) is 8.70. The third-order valence-electron chi connectivity index (χ3n) is 4.95. The summed E-state index contributed by atoms with van der Waals surface area (Å²) in [5.74, 6) is -0.110. The first-order chi connectivity index (χ1) is 13.4. The van der Waals surface area contributed by atoms with Crippen LogP contribution in [0.2, 0.25) is 0 Å². The zero-order valence-corrected chi connectivity index (χ0v) is 16.9. The molecule has 0 spiro atoms. The third-order valence-corrected chi connectivity index (χ3v) is 4.95. The van der Waals surface area contributed by atoms with Crippen LogP contribution in [-0.2, 0) is 11.3 Å². The number of hydrogen-bond donors (Lipinski definition) is 1. The number of amides is 1. The molecule has 1 unspecified atom stereocenters. The second-order valence-electron chi connectivity index (χ2n) is 7.20. The first kappa shape index (κ1) is 19.6. The Bertz CT molecular complexity index is 969. The Hall–Kier alpha value is -3.14. The summed E-state index contributed by atoms with van der Waals surface area (Å²) >= 11 is 0. The number of aromatic nitrogens is 2. The Labute approximate surface area is 166 Å². The van der Waals surface area contributed by atoms with Crippen LogP contribution in [0.15, 0.2) is 60.7 Å². The molecule has 0 aliphatic carbocycles. The minimum atomic E-state index is -0.110. The zero-order chi connectivity index (χ0) is 20.1. The van der Waals surface area contributed by atoms with E-state index in [0.29, 0.717) is 0 Å². The number of carbonyl (C=O) groups excluding carboxylic acids is 1. The molecule has 0 radical (unpaired) electrons. The fourth-order valence-corrected chi connectivity index (χ4v) is 3.22. The molecule has 0 aliphatic heterocycles. The Morgan fingerprint density at radius 2 is 1.75 bits per heavy atom. The van der Waals surface area contributed by atoms with E-state index in [9.17, 15) is 4.79 Å². The number of carbonyl (C=O) groups is 1. The molecule has 1 amide bonds. The first-order valence-corrected chi connectivity index (χ1v) is 9.57. The normalized spacial score (nSPS) is 12.3. The number of nitrogens with one attached hydrogen (secondary N) is 1. The van der Waals surface area contributed by atoms with E-state index in [-0.39, 0.29) is 11.9 Å². The van der Waals surface area contributed by atoms with Crippen molar-refractivity contribution in [2.45, 2.75) is 40.3 Å². The van der Waals surface area contributed by atoms with Gasteiger partial charge in [0.15, 0.2) is 0 Å². The van der Waals surface area contributed by atoms with Crippen molar-refractivity contribution in [3.8, 4) is 0 Å². The van der Waals surface area contributed by atoms with Gasteiger partial charge in [0.1, 0.15) is 0 Å². The Morgan fingerprint density at radius 1 is 1.07 bits per heavy atom. The van der Waals surface area contributed by atoms with Gasteiger partial charge in [-0.2, -0.15) is 5.10 Å². The largest absolute Gasteiger partial charge is 0.346 e. The molecule has 1 aromatic heterocycles. The van der Waals surface area contributed by atoms with Gasteiger partial charge in [-0.1, -0.05) is 60.2 Å². The van der Waals surface area contributed by atoms with Crippen LogP contribution < -0.4 is 5.32 Å². The van der Waals surface area contributed by atoms with Crippen molar-refractivity contribution < 1.29 is 4.79 Å². The average molecular weight is 374 g/mol. The lowest BCUT2D eigenvalue weighted by Crippen LogP contribution is -2.24. The molecule has 0 saturated carbocycles. The standard InChI is InChI=1S/C24H27N3O/c1-17-10-12-21(13-11-17)16-27-20(4)23(19(3)26-27)14-15-24(28)25-18(2)22-8-6-5-7-9-22/h5-15,18H,16H2,1-4H3,(H,25,28)/b15-14+. The van der Waals surface area contributed by atoms with E-state index in [0.717, 1.165) is 29.1 Å². The lowest BCUT2D eigenvalue weighted by atomic mass is 10.1. The summed E-state index contributed by atoms with van der Waals surface area (Å²) in [7, 11) is 0. The van der Waals surface area contributed by atoms with Gasteiger partial charge in [-0.15, -0.1) is 0 Å². The van der Waals surface area contributed by atoms with Gasteiger partial charge in [0.05, 0.1) is 18.3 Å². The summed E-state index contributed by atoms with van der Waals surface area (Å²) in [6.45, 7) is 8.80. The van der Waals surface area contributed by atoms with E-state index in [1.54, 1.807) is 6.08 Å². The maximum atomic E-state index is 12.3. The Balaban J connectivity index is 1.69. The molecular weight excluding hydrogens is 346 g/mol. The van der Waals surface area contributed by atoms with Crippen LogP contribution in [-0.4, -0.2) is 15.7 Å². The van der Waals surface area contributed by atoms with Gasteiger partial charge in [0.2, 0.25) is 5.91 Å². The van der Waals surface area contributed by atoms with Crippen molar-refractivity contribution >= 4 is 12.0 Å². The van der Waals surface area contributed by atoms with Crippen LogP contribution in [0, 0.1) is 20.8 Å². The van der Waals surface area contributed by atoms with E-state index in [1.807, 2.05) is 61.9 Å². The van der Waals surface area contributed by atoms with Gasteiger partial charge < -0.3 is 5.32 Å². The summed E-state index contributed by atoms with van der Waals surface area (Å²) in [5, 5.41) is 7.65. The summed E-state index contributed by atoms with van der Waals surface area (Å²) in [6, 6.07) is 18.4. The van der Waals surface area contributed by atoms with Crippen LogP contribution in [0.3, 0.4) is 0 Å². The molecule has 3 aromatic rings. The van der Waals surface area contributed by atoms with Crippen molar-refractivity contribution in [1.82, 2.24) is 15.1 Å². The highest BCUT2D eigenvalue weighted by atomic mass is 16.1. The lowest BCUT2D eigenvalue weighted by Gasteiger charge is -2.12. The van der Waals surface area contributed by atoms with E-state index in [2.05, 4.69) is 41.6 Å². The van der Waals surface area contributed by atoms with E-state index in [4.69, 9.17) is 0 Å². The first-order valence-electron chi connectivity index (χ1n) is 9.57. The summed E-state index contributed by atoms with van der Waals surface area (Å²) in [6.07, 6.45) is 3.45. The maximum Gasteiger partial charge on any atom is 0.244 e. The third kappa shape index (κ3) is 4.77. The number of hydrogen-bond acceptors (Lipinski definition) is 2. The van der Waals surface area contributed by atoms with Crippen LogP contribution in [0.5, 0.6) is 0 Å². The van der Waals surface area contributed by atoms with Crippen molar-refractivity contribution in [2.75, 3.05) is 0 Å². The predicted molar refractivity (Wildman–Crippen MR) is 114 cm³/mol. The second-order valence-corrected chi connectivity index (χ2v) is 7.20. The summed E-state index contributed by atoms with van der Waals surface area (Å²) in [4.78, 5) is 12.3. The smallest absolute Gasteiger partial charge is 0.244 e. The lowest BCUT2D eigenvalue weighted by molar-refractivity contribution is -0.117. The number of rotatable bonds is 6. The molecule has 0 aliphatic rings. The highest BCUT2D eigenvalue weighted by Crippen LogP contribution is 2.17. The van der Waals surface area contributed by atoms with Gasteiger partial charge in [-0.25, -0.2) is 0 Å². The Morgan fingerprint density at radius 3 is 2.43 bits per heavy atom. The summed E-state index contributed by atoms with van der Waals surface area (Å²) in [5.41, 5.74) is 6.51. The predicted octanol–water partition coefficient (Wildman–Crippen LogP) is 4.75. The SMILES string of the molecule is Cc1ccc(Cn2nc(C)c(/C=C/C(=O)NC(C)c3ccccc3)c2C)cc1. The molecule has 2 aromatic carbocycles. The topological polar surface area (TPSA) is 46.9 Å². The maximum absolute atomic E-state index is 12.3. The van der Waals surface area contributed by atoms with E-state index < -0.39 is 0 Å². The van der Waals surface area contributed by atoms with Gasteiger partial charge >= 0.3 is 0 Å². The average Bonchev–Trinajstić information content (AvgIpc) is 2.95. The van der Waals surface area contributed by atoms with Gasteiger partial charge in [-0.05, 0) is 44.9 Å². The van der Waals surface area contributed by atoms with Gasteiger partial charge in [0, 0.05) is 17.3 Å². The highest BCUT2D eigenvalue weighted by molar-refractivity contribution is 5.92. The van der Waals surface area contributed by atoms with Crippen molar-refractivity contribution in [2.24, 2.45) is 0 Å². The molecule has 1 heterocycles. The number of nitrogens with zero attached hydrogens (tertiary/aromatic N) is 2. The summed E-state index contributed by atoms with van der Waals surface area (Å²) < 4.78 is 1.99. The van der Waals surface area contributed by atoms with Crippen molar-refractivity contribution in [3.05, 3.63) is 94.3 Å². The van der Waals surface area contributed by atoms with Crippen molar-refractivity contribution in [3.63, 3.8) is 0 Å². The molecule has 1 N–H and O–H groups in total. The zero-order valence-electron chi connectivity index (χ0n) is 16.9. The minimum absolute atomic E-state index is 0.0372. The van der Waals surface area contributed by atoms with E-state index >= 15 is 0 Å². The molecule has 4 nitrogen and oxygen atoms in total. The quantitative estimate of drug-likeness (QED) is 0.634. The molecule has 4 heteroatoms. The molecule has 3 rings (SSSR count). The van der Waals surface area contributed by atoms with E-state index in [1.165, 1.54) is 11.1 Å². The van der Waals surface area contributed by atoms with Crippen LogP contribution in [0.4, 0.5) is 0 Å². The fraction of sp³-hybridized carbons (Fsp3) is 0.250. The number of aryl methyl sites for hydroxylation is 2. The van der Waals surface area contributed by atoms with Crippen LogP contribution >= 0.6 is 0 Å². The monoisotopic (exact) mass is 373 g/mol. The highest BCUT2D eigenvalue weighted by Gasteiger charge is 2.11. The molecule has 144 valence electrons. The van der Waals surface area contributed by atoms with Gasteiger partial charge in [0.25, 0.3) is 0 Å². The Kier molecular flexibility index (Phi) is 6.09. The van der Waals surface area contributed by atoms with Crippen LogP contribution in [0.1, 0.15) is 46.6 Å². The molecule has 0 saturated heterocycles. The molecule has 0 fully saturated rings. The fourth-order valence-electron chi connectivity index (χ4n) is 3.22. The number of benzene rings is 2. The molecular formula is C24H27N3O. The molecule has 0 bridgehead atoms. The van der Waals surface area contributed by atoms with Crippen molar-refractivity contribution in [1.29, 1.82) is 0 Å².